The molecule has 1 aromatic heterocycles. The number of rotatable bonds is 3. The Kier molecular flexibility index (Phi) is 3.65. The third-order valence-corrected chi connectivity index (χ3v) is 4.44. The van der Waals surface area contributed by atoms with E-state index in [1.807, 2.05) is 0 Å². The largest absolute Gasteiger partial charge is 0.423 e. The molecule has 2 aromatic rings. The highest BCUT2D eigenvalue weighted by atomic mass is 32.2. The number of nitrogens with two attached hydrogens (primary N) is 1. The summed E-state index contributed by atoms with van der Waals surface area (Å²) in [7, 11) is -3.82. The molecule has 0 amide bonds. The van der Waals surface area contributed by atoms with Gasteiger partial charge in [-0.15, -0.1) is 11.3 Å². The van der Waals surface area contributed by atoms with E-state index in [1.165, 1.54) is 12.1 Å². The molecule has 0 saturated heterocycles. The number of esters is 1. The van der Waals surface area contributed by atoms with Crippen LogP contribution in [0.5, 0.6) is 5.75 Å². The summed E-state index contributed by atoms with van der Waals surface area (Å²) in [6.07, 6.45) is 2.85. The zero-order chi connectivity index (χ0) is 14.0. The zero-order valence-electron chi connectivity index (χ0n) is 9.86. The second kappa shape index (κ2) is 5.08. The minimum Gasteiger partial charge on any atom is -0.423 e. The maximum Gasteiger partial charge on any atom is 0.335 e. The number of aromatic nitrogens is 1. The number of carbonyl (C=O) groups is 1. The van der Waals surface area contributed by atoms with Crippen LogP contribution in [-0.2, 0) is 14.8 Å². The molecule has 0 radical (unpaired) electrons. The molecule has 0 fully saturated rings. The van der Waals surface area contributed by atoms with Crippen LogP contribution in [0.2, 0.25) is 0 Å². The van der Waals surface area contributed by atoms with E-state index in [9.17, 15) is 13.2 Å². The Morgan fingerprint density at radius 2 is 2.21 bits per heavy atom. The van der Waals surface area contributed by atoms with E-state index in [-0.39, 0.29) is 4.34 Å². The summed E-state index contributed by atoms with van der Waals surface area (Å²) < 4.78 is 27.8. The molecule has 0 unspecified atom stereocenters. The van der Waals surface area contributed by atoms with Crippen LogP contribution >= 0.6 is 11.3 Å². The highest BCUT2D eigenvalue weighted by Gasteiger charge is 2.15. The Hall–Kier alpha value is -1.77. The predicted octanol–water partition coefficient (Wildman–Crippen LogP) is 1.43. The fraction of sp³-hybridized carbons (Fsp3) is 0.0909. The van der Waals surface area contributed by atoms with Gasteiger partial charge in [-0.1, -0.05) is 6.08 Å². The van der Waals surface area contributed by atoms with E-state index in [4.69, 9.17) is 9.88 Å². The number of sulfonamides is 1. The van der Waals surface area contributed by atoms with Gasteiger partial charge in [0.25, 0.3) is 10.0 Å². The lowest BCUT2D eigenvalue weighted by molar-refractivity contribution is -0.128. The molecule has 19 heavy (non-hydrogen) atoms. The van der Waals surface area contributed by atoms with Crippen molar-refractivity contribution < 1.29 is 17.9 Å². The van der Waals surface area contributed by atoms with Gasteiger partial charge in [0.05, 0.1) is 10.2 Å². The summed E-state index contributed by atoms with van der Waals surface area (Å²) in [6.45, 7) is 1.70. The molecule has 1 heterocycles. The predicted molar refractivity (Wildman–Crippen MR) is 71.4 cm³/mol. The summed E-state index contributed by atoms with van der Waals surface area (Å²) in [6, 6.07) is 4.65. The summed E-state index contributed by atoms with van der Waals surface area (Å²) >= 11 is 0.925. The molecule has 0 aliphatic carbocycles. The van der Waals surface area contributed by atoms with E-state index >= 15 is 0 Å². The van der Waals surface area contributed by atoms with Crippen molar-refractivity contribution in [2.45, 2.75) is 11.3 Å². The van der Waals surface area contributed by atoms with E-state index in [0.29, 0.717) is 16.0 Å². The van der Waals surface area contributed by atoms with Crippen LogP contribution in [0.3, 0.4) is 0 Å². The standard InChI is InChI=1S/C11H10N2O4S2/c1-2-3-10(14)17-7-4-5-8-9(6-7)18-11(13-8)19(12,15)16/h2-6H,1H3,(H2,12,15,16). The highest BCUT2D eigenvalue weighted by molar-refractivity contribution is 7.91. The molecule has 1 aromatic carbocycles. The number of thiazole rings is 1. The Labute approximate surface area is 113 Å². The average Bonchev–Trinajstić information content (AvgIpc) is 2.71. The van der Waals surface area contributed by atoms with Crippen molar-refractivity contribution in [1.29, 1.82) is 0 Å². The summed E-state index contributed by atoms with van der Waals surface area (Å²) in [5, 5.41) is 5.00. The van der Waals surface area contributed by atoms with Gasteiger partial charge in [0, 0.05) is 12.1 Å². The van der Waals surface area contributed by atoms with Crippen molar-refractivity contribution >= 4 is 37.5 Å². The lowest BCUT2D eigenvalue weighted by Crippen LogP contribution is -2.11. The number of ether oxygens (including phenoxy) is 1. The first-order chi connectivity index (χ1) is 8.90. The number of primary sulfonamides is 1. The number of benzene rings is 1. The molecular formula is C11H10N2O4S2. The van der Waals surface area contributed by atoms with Crippen LogP contribution in [-0.4, -0.2) is 19.4 Å². The van der Waals surface area contributed by atoms with Crippen molar-refractivity contribution in [3.8, 4) is 5.75 Å². The Morgan fingerprint density at radius 1 is 1.47 bits per heavy atom. The molecule has 0 saturated carbocycles. The third-order valence-electron chi connectivity index (χ3n) is 2.10. The molecule has 0 atom stereocenters. The summed E-state index contributed by atoms with van der Waals surface area (Å²) in [5.41, 5.74) is 0.486. The quantitative estimate of drug-likeness (QED) is 0.525. The molecule has 0 spiro atoms. The third kappa shape index (κ3) is 3.16. The molecule has 6 nitrogen and oxygen atoms in total. The van der Waals surface area contributed by atoms with Gasteiger partial charge in [-0.05, 0) is 19.1 Å². The maximum absolute atomic E-state index is 11.3. The minimum absolute atomic E-state index is 0.167. The Balaban J connectivity index is 2.38. The van der Waals surface area contributed by atoms with Crippen molar-refractivity contribution in [2.24, 2.45) is 5.14 Å². The van der Waals surface area contributed by atoms with Gasteiger partial charge in [-0.3, -0.25) is 0 Å². The monoisotopic (exact) mass is 298 g/mol. The summed E-state index contributed by atoms with van der Waals surface area (Å²) in [5.74, 6) is -0.182. The van der Waals surface area contributed by atoms with Gasteiger partial charge in [0.15, 0.2) is 0 Å². The first-order valence-corrected chi connectivity index (χ1v) is 7.54. The fourth-order valence-electron chi connectivity index (χ4n) is 1.36. The topological polar surface area (TPSA) is 99.3 Å². The van der Waals surface area contributed by atoms with Crippen molar-refractivity contribution in [3.05, 3.63) is 30.4 Å². The van der Waals surface area contributed by atoms with E-state index in [1.54, 1.807) is 25.1 Å². The molecule has 8 heteroatoms. The Morgan fingerprint density at radius 3 is 2.84 bits per heavy atom. The second-order valence-electron chi connectivity index (χ2n) is 3.58. The number of allylic oxidation sites excluding steroid dienone is 1. The lowest BCUT2D eigenvalue weighted by Gasteiger charge is -1.99. The van der Waals surface area contributed by atoms with E-state index in [0.717, 1.165) is 11.3 Å². The van der Waals surface area contributed by atoms with Crippen molar-refractivity contribution in [3.63, 3.8) is 0 Å². The molecule has 2 N–H and O–H groups in total. The van der Waals surface area contributed by atoms with Crippen LogP contribution in [0.25, 0.3) is 10.2 Å². The van der Waals surface area contributed by atoms with Gasteiger partial charge in [0.2, 0.25) is 4.34 Å². The van der Waals surface area contributed by atoms with Crippen LogP contribution in [0, 0.1) is 0 Å². The highest BCUT2D eigenvalue weighted by Crippen LogP contribution is 2.28. The van der Waals surface area contributed by atoms with Crippen LogP contribution in [0.4, 0.5) is 0 Å². The van der Waals surface area contributed by atoms with Gasteiger partial charge in [-0.2, -0.15) is 0 Å². The number of hydrogen-bond donors (Lipinski definition) is 1. The van der Waals surface area contributed by atoms with Gasteiger partial charge < -0.3 is 4.74 Å². The van der Waals surface area contributed by atoms with Crippen molar-refractivity contribution in [1.82, 2.24) is 4.98 Å². The minimum atomic E-state index is -3.82. The molecule has 0 aliphatic heterocycles. The van der Waals surface area contributed by atoms with Gasteiger partial charge in [-0.25, -0.2) is 23.3 Å². The van der Waals surface area contributed by atoms with E-state index in [2.05, 4.69) is 4.98 Å². The molecule has 0 aliphatic rings. The number of nitrogens with zero attached hydrogens (tertiary/aromatic N) is 1. The van der Waals surface area contributed by atoms with Gasteiger partial charge >= 0.3 is 5.97 Å². The number of hydrogen-bond acceptors (Lipinski definition) is 6. The Bertz CT molecular complexity index is 762. The van der Waals surface area contributed by atoms with Crippen LogP contribution in [0.15, 0.2) is 34.7 Å². The van der Waals surface area contributed by atoms with E-state index < -0.39 is 16.0 Å². The smallest absolute Gasteiger partial charge is 0.335 e. The van der Waals surface area contributed by atoms with Crippen LogP contribution in [0.1, 0.15) is 6.92 Å². The van der Waals surface area contributed by atoms with Crippen molar-refractivity contribution in [2.75, 3.05) is 0 Å². The first kappa shape index (κ1) is 13.7. The second-order valence-corrected chi connectivity index (χ2v) is 6.34. The molecule has 0 bridgehead atoms. The molecule has 100 valence electrons. The fourth-order valence-corrected chi connectivity index (χ4v) is 3.04. The zero-order valence-corrected chi connectivity index (χ0v) is 11.5. The number of fused-ring (bicyclic) bond motifs is 1. The number of carbonyl (C=O) groups excluding carboxylic acids is 1. The SMILES string of the molecule is CC=CC(=O)Oc1ccc2nc(S(N)(=O)=O)sc2c1. The molecular weight excluding hydrogens is 288 g/mol. The maximum atomic E-state index is 11.3. The summed E-state index contributed by atoms with van der Waals surface area (Å²) in [4.78, 5) is 15.2. The van der Waals surface area contributed by atoms with Gasteiger partial charge in [0.1, 0.15) is 5.75 Å². The average molecular weight is 298 g/mol. The molecule has 2 rings (SSSR count). The lowest BCUT2D eigenvalue weighted by atomic mass is 10.3. The van der Waals surface area contributed by atoms with Crippen LogP contribution < -0.4 is 9.88 Å². The first-order valence-electron chi connectivity index (χ1n) is 5.18. The normalized spacial score (nSPS) is 12.1.